The first-order valence-corrected chi connectivity index (χ1v) is 8.15. The van der Waals surface area contributed by atoms with E-state index in [2.05, 4.69) is 57.2 Å². The minimum absolute atomic E-state index is 0.494. The molecule has 1 aliphatic rings. The molecule has 1 N–H and O–H groups in total. The quantitative estimate of drug-likeness (QED) is 0.783. The Kier molecular flexibility index (Phi) is 4.40. The van der Waals surface area contributed by atoms with E-state index in [4.69, 9.17) is 9.72 Å². The highest BCUT2D eigenvalue weighted by Crippen LogP contribution is 2.44. The summed E-state index contributed by atoms with van der Waals surface area (Å²) in [5.74, 6) is 2.32. The van der Waals surface area contributed by atoms with Crippen LogP contribution in [-0.2, 0) is 11.3 Å². The lowest BCUT2D eigenvalue weighted by atomic mass is 10.0. The number of hydrogen-bond donors (Lipinski definition) is 1. The molecule has 0 unspecified atom stereocenters. The lowest BCUT2D eigenvalue weighted by Gasteiger charge is -2.13. The Morgan fingerprint density at radius 2 is 2.05 bits per heavy atom. The van der Waals surface area contributed by atoms with E-state index in [-0.39, 0.29) is 0 Å². The van der Waals surface area contributed by atoms with Gasteiger partial charge < -0.3 is 10.1 Å². The Labute approximate surface area is 138 Å². The number of aromatic nitrogens is 2. The minimum atomic E-state index is 0.494. The fraction of sp³-hybridized carbons (Fsp3) is 0.375. The standard InChI is InChI=1S/C16H18IN3O/c1-18-16-14(17)13(9-21-2)19-15(20-16)12-6-4-3-5-11(12)10-7-8-10/h3-6,10H,7-9H2,1-2H3,(H,18,19,20). The second-order valence-electron chi connectivity index (χ2n) is 5.20. The van der Waals surface area contributed by atoms with Crippen molar-refractivity contribution in [3.05, 3.63) is 39.1 Å². The van der Waals surface area contributed by atoms with E-state index in [0.29, 0.717) is 12.5 Å². The van der Waals surface area contributed by atoms with Crippen molar-refractivity contribution in [1.82, 2.24) is 9.97 Å². The largest absolute Gasteiger partial charge is 0.378 e. The van der Waals surface area contributed by atoms with Crippen LogP contribution in [0.1, 0.15) is 30.0 Å². The van der Waals surface area contributed by atoms with Crippen LogP contribution < -0.4 is 5.32 Å². The van der Waals surface area contributed by atoms with Gasteiger partial charge in [0.15, 0.2) is 5.82 Å². The van der Waals surface area contributed by atoms with Crippen molar-refractivity contribution < 1.29 is 4.74 Å². The third-order valence-corrected chi connectivity index (χ3v) is 4.79. The van der Waals surface area contributed by atoms with Crippen LogP contribution in [0.2, 0.25) is 0 Å². The molecule has 0 amide bonds. The molecule has 110 valence electrons. The second-order valence-corrected chi connectivity index (χ2v) is 6.28. The highest BCUT2D eigenvalue weighted by atomic mass is 127. The van der Waals surface area contributed by atoms with Gasteiger partial charge >= 0.3 is 0 Å². The molecule has 1 saturated carbocycles. The van der Waals surface area contributed by atoms with Crippen LogP contribution in [0.3, 0.4) is 0 Å². The van der Waals surface area contributed by atoms with Crippen molar-refractivity contribution in [2.24, 2.45) is 0 Å². The van der Waals surface area contributed by atoms with Gasteiger partial charge in [-0.1, -0.05) is 24.3 Å². The van der Waals surface area contributed by atoms with Gasteiger partial charge in [0, 0.05) is 19.7 Å². The van der Waals surface area contributed by atoms with E-state index in [1.165, 1.54) is 18.4 Å². The average Bonchev–Trinajstić information content (AvgIpc) is 3.34. The third-order valence-electron chi connectivity index (χ3n) is 3.66. The Bertz CT molecular complexity index is 656. The summed E-state index contributed by atoms with van der Waals surface area (Å²) in [5.41, 5.74) is 3.44. The molecule has 0 aliphatic heterocycles. The lowest BCUT2D eigenvalue weighted by molar-refractivity contribution is 0.181. The minimum Gasteiger partial charge on any atom is -0.378 e. The summed E-state index contributed by atoms with van der Waals surface area (Å²) in [6, 6.07) is 8.46. The molecule has 0 radical (unpaired) electrons. The summed E-state index contributed by atoms with van der Waals surface area (Å²) < 4.78 is 6.28. The van der Waals surface area contributed by atoms with Crippen LogP contribution in [0, 0.1) is 3.57 Å². The van der Waals surface area contributed by atoms with Crippen LogP contribution in [0.4, 0.5) is 5.82 Å². The molecule has 0 spiro atoms. The molecule has 4 nitrogen and oxygen atoms in total. The number of halogens is 1. The zero-order valence-corrected chi connectivity index (χ0v) is 14.3. The number of anilines is 1. The van der Waals surface area contributed by atoms with Crippen molar-refractivity contribution in [2.45, 2.75) is 25.4 Å². The number of nitrogens with one attached hydrogen (secondary N) is 1. The SMILES string of the molecule is CNc1nc(-c2ccccc2C2CC2)nc(COC)c1I. The topological polar surface area (TPSA) is 47.0 Å². The van der Waals surface area contributed by atoms with E-state index in [1.54, 1.807) is 7.11 Å². The summed E-state index contributed by atoms with van der Waals surface area (Å²) in [7, 11) is 3.58. The van der Waals surface area contributed by atoms with Crippen molar-refractivity contribution in [3.8, 4) is 11.4 Å². The highest BCUT2D eigenvalue weighted by molar-refractivity contribution is 14.1. The molecule has 1 fully saturated rings. The summed E-state index contributed by atoms with van der Waals surface area (Å²) in [6.07, 6.45) is 2.54. The molecule has 1 aromatic heterocycles. The Morgan fingerprint density at radius 1 is 1.29 bits per heavy atom. The molecule has 5 heteroatoms. The molecular weight excluding hydrogens is 377 g/mol. The predicted molar refractivity (Wildman–Crippen MR) is 92.4 cm³/mol. The van der Waals surface area contributed by atoms with Crippen LogP contribution >= 0.6 is 22.6 Å². The zero-order valence-electron chi connectivity index (χ0n) is 12.2. The summed E-state index contributed by atoms with van der Waals surface area (Å²) in [4.78, 5) is 9.42. The lowest BCUT2D eigenvalue weighted by Crippen LogP contribution is -2.07. The van der Waals surface area contributed by atoms with Gasteiger partial charge in [-0.15, -0.1) is 0 Å². The maximum absolute atomic E-state index is 5.27. The fourth-order valence-corrected chi connectivity index (χ4v) is 3.13. The molecular formula is C16H18IN3O. The smallest absolute Gasteiger partial charge is 0.162 e. The van der Waals surface area contributed by atoms with Crippen LogP contribution in [0.25, 0.3) is 11.4 Å². The molecule has 1 heterocycles. The number of ether oxygens (including phenoxy) is 1. The van der Waals surface area contributed by atoms with E-state index >= 15 is 0 Å². The third kappa shape index (κ3) is 3.03. The van der Waals surface area contributed by atoms with E-state index in [0.717, 1.165) is 26.5 Å². The van der Waals surface area contributed by atoms with Gasteiger partial charge in [-0.05, 0) is 46.9 Å². The highest BCUT2D eigenvalue weighted by Gasteiger charge is 2.27. The molecule has 1 aliphatic carbocycles. The Balaban J connectivity index is 2.11. The van der Waals surface area contributed by atoms with Crippen molar-refractivity contribution in [3.63, 3.8) is 0 Å². The fourth-order valence-electron chi connectivity index (χ4n) is 2.46. The number of methoxy groups -OCH3 is 1. The average molecular weight is 395 g/mol. The summed E-state index contributed by atoms with van der Waals surface area (Å²) in [5, 5.41) is 3.15. The van der Waals surface area contributed by atoms with Crippen LogP contribution in [-0.4, -0.2) is 24.1 Å². The maximum Gasteiger partial charge on any atom is 0.162 e. The van der Waals surface area contributed by atoms with E-state index in [9.17, 15) is 0 Å². The molecule has 0 saturated heterocycles. The van der Waals surface area contributed by atoms with E-state index < -0.39 is 0 Å². The Morgan fingerprint density at radius 3 is 2.71 bits per heavy atom. The zero-order chi connectivity index (χ0) is 14.8. The van der Waals surface area contributed by atoms with Gasteiger partial charge in [0.1, 0.15) is 5.82 Å². The van der Waals surface area contributed by atoms with Crippen LogP contribution in [0.15, 0.2) is 24.3 Å². The van der Waals surface area contributed by atoms with Crippen LogP contribution in [0.5, 0.6) is 0 Å². The first-order chi connectivity index (χ1) is 10.2. The predicted octanol–water partition coefficient (Wildman–Crippen LogP) is 3.81. The number of hydrogen-bond acceptors (Lipinski definition) is 4. The molecule has 0 atom stereocenters. The van der Waals surface area contributed by atoms with Gasteiger partial charge in [-0.25, -0.2) is 9.97 Å². The van der Waals surface area contributed by atoms with E-state index in [1.807, 2.05) is 7.05 Å². The second kappa shape index (κ2) is 6.27. The summed E-state index contributed by atoms with van der Waals surface area (Å²) >= 11 is 2.27. The molecule has 1 aromatic carbocycles. The normalized spacial score (nSPS) is 14.2. The van der Waals surface area contributed by atoms with Crippen molar-refractivity contribution >= 4 is 28.4 Å². The molecule has 2 aromatic rings. The number of nitrogens with zero attached hydrogens (tertiary/aromatic N) is 2. The molecule has 21 heavy (non-hydrogen) atoms. The van der Waals surface area contributed by atoms with Crippen molar-refractivity contribution in [1.29, 1.82) is 0 Å². The van der Waals surface area contributed by atoms with Gasteiger partial charge in [0.25, 0.3) is 0 Å². The summed E-state index contributed by atoms with van der Waals surface area (Å²) in [6.45, 7) is 0.494. The van der Waals surface area contributed by atoms with Gasteiger partial charge in [-0.2, -0.15) is 0 Å². The Hall–Kier alpha value is -1.21. The van der Waals surface area contributed by atoms with Gasteiger partial charge in [0.2, 0.25) is 0 Å². The van der Waals surface area contributed by atoms with Gasteiger partial charge in [-0.3, -0.25) is 0 Å². The number of benzene rings is 1. The van der Waals surface area contributed by atoms with Crippen molar-refractivity contribution in [2.75, 3.05) is 19.5 Å². The van der Waals surface area contributed by atoms with Gasteiger partial charge in [0.05, 0.1) is 15.9 Å². The number of rotatable bonds is 5. The maximum atomic E-state index is 5.27. The molecule has 3 rings (SSSR count). The first kappa shape index (κ1) is 14.7. The molecule has 0 bridgehead atoms. The monoisotopic (exact) mass is 395 g/mol. The first-order valence-electron chi connectivity index (χ1n) is 7.07.